The average molecular weight is 427 g/mol. The average Bonchev–Trinajstić information content (AvgIpc) is 2.35. The molecule has 0 heterocycles. The maximum atomic E-state index is 6.28. The van der Waals surface area contributed by atoms with E-state index in [1.54, 1.807) is 7.11 Å². The standard InChI is InChI=1S/C15H24ClIO2Si/c1-15(2,3)20(5,6)19-10-12-7-11(9-16)14(18-4)8-13(12)17/h7-8H,9-10H2,1-6H3. The fourth-order valence-corrected chi connectivity index (χ4v) is 3.28. The first kappa shape index (κ1) is 18.3. The molecule has 1 rings (SSSR count). The monoisotopic (exact) mass is 426 g/mol. The highest BCUT2D eigenvalue weighted by Gasteiger charge is 2.37. The highest BCUT2D eigenvalue weighted by atomic mass is 127. The third kappa shape index (κ3) is 4.35. The van der Waals surface area contributed by atoms with Gasteiger partial charge in [0.15, 0.2) is 8.32 Å². The van der Waals surface area contributed by atoms with E-state index in [9.17, 15) is 0 Å². The fraction of sp³-hybridized carbons (Fsp3) is 0.600. The summed E-state index contributed by atoms with van der Waals surface area (Å²) in [4.78, 5) is 0. The topological polar surface area (TPSA) is 18.5 Å². The van der Waals surface area contributed by atoms with Crippen molar-refractivity contribution >= 4 is 42.5 Å². The molecule has 0 unspecified atom stereocenters. The van der Waals surface area contributed by atoms with Crippen molar-refractivity contribution < 1.29 is 9.16 Å². The van der Waals surface area contributed by atoms with Crippen LogP contribution in [-0.2, 0) is 16.9 Å². The van der Waals surface area contributed by atoms with Crippen LogP contribution in [0.1, 0.15) is 31.9 Å². The zero-order valence-corrected chi connectivity index (χ0v) is 17.1. The number of methoxy groups -OCH3 is 1. The van der Waals surface area contributed by atoms with Crippen molar-refractivity contribution in [2.45, 2.75) is 51.4 Å². The molecule has 0 atom stereocenters. The summed E-state index contributed by atoms with van der Waals surface area (Å²) in [5.41, 5.74) is 2.20. The molecule has 0 fully saturated rings. The van der Waals surface area contributed by atoms with E-state index in [4.69, 9.17) is 20.8 Å². The lowest BCUT2D eigenvalue weighted by Crippen LogP contribution is -2.40. The zero-order valence-electron chi connectivity index (χ0n) is 13.1. The second kappa shape index (κ2) is 6.98. The van der Waals surface area contributed by atoms with Crippen LogP contribution in [0.5, 0.6) is 5.75 Å². The molecule has 0 spiro atoms. The number of benzene rings is 1. The van der Waals surface area contributed by atoms with Gasteiger partial charge in [0.1, 0.15) is 5.75 Å². The SMILES string of the molecule is COc1cc(I)c(CO[Si](C)(C)C(C)(C)C)cc1CCl. The maximum absolute atomic E-state index is 6.28. The summed E-state index contributed by atoms with van der Waals surface area (Å²) >= 11 is 8.31. The first-order valence-electron chi connectivity index (χ1n) is 6.67. The van der Waals surface area contributed by atoms with Crippen molar-refractivity contribution in [1.82, 2.24) is 0 Å². The third-order valence-corrected chi connectivity index (χ3v) is 9.76. The Kier molecular flexibility index (Phi) is 6.38. The first-order chi connectivity index (χ1) is 9.12. The van der Waals surface area contributed by atoms with Crippen LogP contribution >= 0.6 is 34.2 Å². The fourth-order valence-electron chi connectivity index (χ4n) is 1.53. The molecule has 5 heteroatoms. The predicted octanol–water partition coefficient (Wildman–Crippen LogP) is 5.56. The Morgan fingerprint density at radius 3 is 2.25 bits per heavy atom. The Hall–Kier alpha value is 0.217. The Balaban J connectivity index is 2.94. The van der Waals surface area contributed by atoms with Crippen molar-refractivity contribution in [3.05, 3.63) is 26.8 Å². The molecule has 1 aromatic carbocycles. The van der Waals surface area contributed by atoms with E-state index < -0.39 is 8.32 Å². The van der Waals surface area contributed by atoms with Gasteiger partial charge in [0.05, 0.1) is 19.6 Å². The Bertz CT molecular complexity index is 470. The summed E-state index contributed by atoms with van der Waals surface area (Å²) in [7, 11) is -0.0538. The number of hydrogen-bond donors (Lipinski definition) is 0. The first-order valence-corrected chi connectivity index (χ1v) is 11.2. The molecule has 114 valence electrons. The van der Waals surface area contributed by atoms with Crippen molar-refractivity contribution in [2.24, 2.45) is 0 Å². The molecule has 0 bridgehead atoms. The van der Waals surface area contributed by atoms with Gasteiger partial charge >= 0.3 is 0 Å². The highest BCUT2D eigenvalue weighted by Crippen LogP contribution is 2.37. The number of ether oxygens (including phenoxy) is 1. The molecule has 0 amide bonds. The van der Waals surface area contributed by atoms with Crippen LogP contribution < -0.4 is 4.74 Å². The van der Waals surface area contributed by atoms with Crippen LogP contribution in [-0.4, -0.2) is 15.4 Å². The molecule has 0 N–H and O–H groups in total. The smallest absolute Gasteiger partial charge is 0.192 e. The van der Waals surface area contributed by atoms with Gasteiger partial charge in [-0.05, 0) is 58.4 Å². The van der Waals surface area contributed by atoms with E-state index in [-0.39, 0.29) is 5.04 Å². The lowest BCUT2D eigenvalue weighted by Gasteiger charge is -2.36. The van der Waals surface area contributed by atoms with Crippen LogP contribution in [0.15, 0.2) is 12.1 Å². The molecular weight excluding hydrogens is 403 g/mol. The van der Waals surface area contributed by atoms with E-state index in [2.05, 4.69) is 62.5 Å². The van der Waals surface area contributed by atoms with Gasteiger partial charge < -0.3 is 9.16 Å². The van der Waals surface area contributed by atoms with Gasteiger partial charge in [-0.1, -0.05) is 20.8 Å². The second-order valence-corrected chi connectivity index (χ2v) is 12.7. The quantitative estimate of drug-likeness (QED) is 0.348. The van der Waals surface area contributed by atoms with E-state index in [1.165, 1.54) is 5.56 Å². The molecule has 0 saturated carbocycles. The van der Waals surface area contributed by atoms with Crippen molar-refractivity contribution in [1.29, 1.82) is 0 Å². The molecule has 0 aromatic heterocycles. The van der Waals surface area contributed by atoms with Gasteiger partial charge in [-0.15, -0.1) is 11.6 Å². The number of halogens is 2. The molecule has 0 aliphatic heterocycles. The molecule has 0 saturated heterocycles. The Labute approximate surface area is 142 Å². The number of hydrogen-bond acceptors (Lipinski definition) is 2. The molecule has 1 aromatic rings. The van der Waals surface area contributed by atoms with Crippen LogP contribution in [0.3, 0.4) is 0 Å². The minimum atomic E-state index is -1.73. The molecule has 20 heavy (non-hydrogen) atoms. The molecule has 0 aliphatic carbocycles. The third-order valence-electron chi connectivity index (χ3n) is 3.99. The van der Waals surface area contributed by atoms with Crippen molar-refractivity contribution in [3.8, 4) is 5.75 Å². The lowest BCUT2D eigenvalue weighted by atomic mass is 10.1. The van der Waals surface area contributed by atoms with Gasteiger partial charge in [0.2, 0.25) is 0 Å². The van der Waals surface area contributed by atoms with Crippen LogP contribution in [0, 0.1) is 3.57 Å². The maximum Gasteiger partial charge on any atom is 0.192 e. The van der Waals surface area contributed by atoms with Crippen molar-refractivity contribution in [3.63, 3.8) is 0 Å². The van der Waals surface area contributed by atoms with Gasteiger partial charge in [-0.2, -0.15) is 0 Å². The van der Waals surface area contributed by atoms with Crippen LogP contribution in [0.25, 0.3) is 0 Å². The van der Waals surface area contributed by atoms with E-state index in [0.717, 1.165) is 14.9 Å². The zero-order chi connectivity index (χ0) is 15.6. The van der Waals surface area contributed by atoms with Crippen molar-refractivity contribution in [2.75, 3.05) is 7.11 Å². The minimum absolute atomic E-state index is 0.222. The largest absolute Gasteiger partial charge is 0.496 e. The van der Waals surface area contributed by atoms with Gasteiger partial charge in [-0.25, -0.2) is 0 Å². The summed E-state index contributed by atoms with van der Waals surface area (Å²) in [5, 5.41) is 0.222. The van der Waals surface area contributed by atoms with Gasteiger partial charge in [0, 0.05) is 9.13 Å². The summed E-state index contributed by atoms with van der Waals surface area (Å²) in [6.45, 7) is 11.9. The normalized spacial score (nSPS) is 12.6. The van der Waals surface area contributed by atoms with E-state index in [1.807, 2.05) is 6.07 Å². The van der Waals surface area contributed by atoms with Crippen LogP contribution in [0.4, 0.5) is 0 Å². The van der Waals surface area contributed by atoms with E-state index in [0.29, 0.717) is 12.5 Å². The highest BCUT2D eigenvalue weighted by molar-refractivity contribution is 14.1. The summed E-state index contributed by atoms with van der Waals surface area (Å²) in [6, 6.07) is 4.13. The van der Waals surface area contributed by atoms with E-state index >= 15 is 0 Å². The molecular formula is C15H24ClIO2Si. The second-order valence-electron chi connectivity index (χ2n) is 6.44. The van der Waals surface area contributed by atoms with Gasteiger partial charge in [-0.3, -0.25) is 0 Å². The minimum Gasteiger partial charge on any atom is -0.496 e. The van der Waals surface area contributed by atoms with Gasteiger partial charge in [0.25, 0.3) is 0 Å². The van der Waals surface area contributed by atoms with Crippen LogP contribution in [0.2, 0.25) is 18.1 Å². The Morgan fingerprint density at radius 1 is 1.20 bits per heavy atom. The molecule has 0 radical (unpaired) electrons. The number of rotatable bonds is 5. The molecule has 0 aliphatic rings. The number of alkyl halides is 1. The summed E-state index contributed by atoms with van der Waals surface area (Å²) in [5.74, 6) is 1.30. The predicted molar refractivity (Wildman–Crippen MR) is 97.3 cm³/mol. The summed E-state index contributed by atoms with van der Waals surface area (Å²) in [6.07, 6.45) is 0. The summed E-state index contributed by atoms with van der Waals surface area (Å²) < 4.78 is 12.8. The Morgan fingerprint density at radius 2 is 1.80 bits per heavy atom. The lowest BCUT2D eigenvalue weighted by molar-refractivity contribution is 0.275. The molecule has 2 nitrogen and oxygen atoms in total.